The van der Waals surface area contributed by atoms with Gasteiger partial charge in [0.25, 0.3) is 0 Å². The van der Waals surface area contributed by atoms with Crippen molar-refractivity contribution < 1.29 is 22.5 Å². The minimum absolute atomic E-state index is 0.0235. The fraction of sp³-hybridized carbons (Fsp3) is 0.588. The van der Waals surface area contributed by atoms with E-state index in [9.17, 15) is 17.8 Å². The molecular weight excluding hydrogens is 350 g/mol. The van der Waals surface area contributed by atoms with Crippen molar-refractivity contribution >= 4 is 22.5 Å². The number of alkyl halides is 2. The van der Waals surface area contributed by atoms with Gasteiger partial charge in [0.15, 0.2) is 0 Å². The Morgan fingerprint density at radius 3 is 2.76 bits per heavy atom. The molecule has 0 aromatic heterocycles. The molecule has 1 aromatic rings. The van der Waals surface area contributed by atoms with Crippen LogP contribution in [-0.2, 0) is 10.8 Å². The molecule has 2 amide bonds. The Morgan fingerprint density at radius 1 is 1.36 bits per heavy atom. The molecule has 0 radical (unpaired) electrons. The number of halogens is 2. The molecule has 8 heteroatoms. The summed E-state index contributed by atoms with van der Waals surface area (Å²) in [6.07, 6.45) is 3.63. The first kappa shape index (κ1) is 19.6. The zero-order valence-electron chi connectivity index (χ0n) is 14.4. The third-order valence-electron chi connectivity index (χ3n) is 4.39. The van der Waals surface area contributed by atoms with Crippen molar-refractivity contribution in [1.29, 1.82) is 0 Å². The van der Waals surface area contributed by atoms with Crippen molar-refractivity contribution in [2.75, 3.05) is 11.1 Å². The zero-order valence-corrected chi connectivity index (χ0v) is 15.2. The fourth-order valence-corrected chi connectivity index (χ4v) is 4.52. The van der Waals surface area contributed by atoms with Crippen LogP contribution in [0.25, 0.3) is 0 Å². The van der Waals surface area contributed by atoms with Crippen LogP contribution < -0.4 is 15.4 Å². The van der Waals surface area contributed by atoms with Crippen molar-refractivity contribution in [2.24, 2.45) is 0 Å². The number of anilines is 1. The highest BCUT2D eigenvalue weighted by Crippen LogP contribution is 2.27. The largest absolute Gasteiger partial charge is 0.434 e. The van der Waals surface area contributed by atoms with E-state index in [1.165, 1.54) is 12.1 Å². The number of hydrogen-bond donors (Lipinski definition) is 2. The summed E-state index contributed by atoms with van der Waals surface area (Å²) in [4.78, 5) is 12.3. The van der Waals surface area contributed by atoms with Crippen LogP contribution in [0.4, 0.5) is 19.3 Å². The van der Waals surface area contributed by atoms with Crippen LogP contribution in [0, 0.1) is 6.92 Å². The molecule has 0 heterocycles. The Bertz CT molecular complexity index is 628. The van der Waals surface area contributed by atoms with Gasteiger partial charge in [-0.2, -0.15) is 8.78 Å². The molecule has 0 aliphatic heterocycles. The summed E-state index contributed by atoms with van der Waals surface area (Å²) < 4.78 is 41.4. The first-order chi connectivity index (χ1) is 11.9. The molecule has 25 heavy (non-hydrogen) atoms. The summed E-state index contributed by atoms with van der Waals surface area (Å²) in [5, 5.41) is 5.52. The lowest BCUT2D eigenvalue weighted by Crippen LogP contribution is -2.48. The Labute approximate surface area is 149 Å². The molecule has 0 saturated heterocycles. The predicted molar refractivity (Wildman–Crippen MR) is 94.7 cm³/mol. The molecule has 0 unspecified atom stereocenters. The van der Waals surface area contributed by atoms with E-state index in [4.69, 9.17) is 0 Å². The van der Waals surface area contributed by atoms with Gasteiger partial charge in [-0.15, -0.1) is 0 Å². The summed E-state index contributed by atoms with van der Waals surface area (Å²) in [6, 6.07) is 4.01. The number of hydrogen-bond acceptors (Lipinski definition) is 3. The van der Waals surface area contributed by atoms with Crippen LogP contribution in [0.5, 0.6) is 5.75 Å². The van der Waals surface area contributed by atoms with E-state index in [1.807, 2.05) is 6.92 Å². The number of urea groups is 1. The smallest absolute Gasteiger partial charge is 0.387 e. The van der Waals surface area contributed by atoms with Crippen LogP contribution in [-0.4, -0.2) is 33.9 Å². The lowest BCUT2D eigenvalue weighted by Gasteiger charge is -2.31. The second kappa shape index (κ2) is 9.12. The number of rotatable bonds is 6. The maximum absolute atomic E-state index is 12.4. The monoisotopic (exact) mass is 374 g/mol. The molecule has 2 N–H and O–H groups in total. The van der Waals surface area contributed by atoms with Gasteiger partial charge in [-0.1, -0.05) is 25.8 Å². The normalized spacial score (nSPS) is 21.6. The highest BCUT2D eigenvalue weighted by Gasteiger charge is 2.30. The van der Waals surface area contributed by atoms with E-state index in [1.54, 1.807) is 13.0 Å². The summed E-state index contributed by atoms with van der Waals surface area (Å²) in [5.74, 6) is 0.590. The van der Waals surface area contributed by atoms with Crippen molar-refractivity contribution in [2.45, 2.75) is 57.4 Å². The predicted octanol–water partition coefficient (Wildman–Crippen LogP) is 3.80. The molecule has 1 saturated carbocycles. The molecule has 1 fully saturated rings. The minimum atomic E-state index is -2.92. The van der Waals surface area contributed by atoms with E-state index in [0.717, 1.165) is 25.7 Å². The first-order valence-corrected chi connectivity index (χ1v) is 9.79. The van der Waals surface area contributed by atoms with Gasteiger partial charge >= 0.3 is 12.6 Å². The number of nitrogens with one attached hydrogen (secondary N) is 2. The first-order valence-electron chi connectivity index (χ1n) is 8.41. The van der Waals surface area contributed by atoms with Crippen molar-refractivity contribution in [3.05, 3.63) is 23.8 Å². The second-order valence-corrected chi connectivity index (χ2v) is 7.95. The van der Waals surface area contributed by atoms with Gasteiger partial charge in [0, 0.05) is 33.8 Å². The molecule has 5 nitrogen and oxygen atoms in total. The highest BCUT2D eigenvalue weighted by atomic mass is 32.2. The van der Waals surface area contributed by atoms with Crippen molar-refractivity contribution in [3.63, 3.8) is 0 Å². The van der Waals surface area contributed by atoms with E-state index >= 15 is 0 Å². The number of carbonyl (C=O) groups excluding carboxylic acids is 1. The number of benzene rings is 1. The minimum Gasteiger partial charge on any atom is -0.434 e. The SMILES string of the molecule is CC[S@](=O)[C@H]1CCCC[C@H]1NC(=O)Nc1cccc(OC(F)F)c1C. The molecule has 1 aromatic carbocycles. The third kappa shape index (κ3) is 5.39. The zero-order chi connectivity index (χ0) is 18.4. The summed E-state index contributed by atoms with van der Waals surface area (Å²) in [6.45, 7) is 0.553. The summed E-state index contributed by atoms with van der Waals surface area (Å²) in [5.41, 5.74) is 0.829. The Hall–Kier alpha value is -1.70. The van der Waals surface area contributed by atoms with Gasteiger partial charge in [-0.25, -0.2) is 4.79 Å². The fourth-order valence-electron chi connectivity index (χ4n) is 3.09. The molecule has 1 aliphatic rings. The Morgan fingerprint density at radius 2 is 2.08 bits per heavy atom. The standard InChI is InChI=1S/C17H24F2N2O3S/c1-3-25(23)15-10-5-4-7-13(15)21-17(22)20-12-8-6-9-14(11(12)2)24-16(18)19/h6,8-9,13,15-16H,3-5,7,10H2,1-2H3,(H2,20,21,22)/t13-,15+,25+/m1/s1. The molecule has 2 rings (SSSR count). The quantitative estimate of drug-likeness (QED) is 0.796. The van der Waals surface area contributed by atoms with Gasteiger partial charge in [0.1, 0.15) is 5.75 Å². The van der Waals surface area contributed by atoms with Crippen LogP contribution >= 0.6 is 0 Å². The third-order valence-corrected chi connectivity index (χ3v) is 6.20. The topological polar surface area (TPSA) is 67.4 Å². The van der Waals surface area contributed by atoms with E-state index in [-0.39, 0.29) is 17.0 Å². The molecule has 3 atom stereocenters. The van der Waals surface area contributed by atoms with Crippen molar-refractivity contribution in [3.8, 4) is 5.75 Å². The average molecular weight is 374 g/mol. The molecule has 1 aliphatic carbocycles. The molecule has 0 spiro atoms. The Kier molecular flexibility index (Phi) is 7.16. The second-order valence-electron chi connectivity index (χ2n) is 6.00. The van der Waals surface area contributed by atoms with Crippen LogP contribution in [0.3, 0.4) is 0 Å². The molecule has 140 valence electrons. The van der Waals surface area contributed by atoms with Gasteiger partial charge in [-0.05, 0) is 31.9 Å². The average Bonchev–Trinajstić information content (AvgIpc) is 2.58. The van der Waals surface area contributed by atoms with Gasteiger partial charge in [0.2, 0.25) is 0 Å². The van der Waals surface area contributed by atoms with E-state index in [2.05, 4.69) is 15.4 Å². The number of ether oxygens (including phenoxy) is 1. The number of carbonyl (C=O) groups is 1. The maximum Gasteiger partial charge on any atom is 0.387 e. The Balaban J connectivity index is 2.03. The molecular formula is C17H24F2N2O3S. The highest BCUT2D eigenvalue weighted by molar-refractivity contribution is 7.85. The van der Waals surface area contributed by atoms with Crippen LogP contribution in [0.15, 0.2) is 18.2 Å². The maximum atomic E-state index is 12.4. The van der Waals surface area contributed by atoms with E-state index < -0.39 is 23.4 Å². The van der Waals surface area contributed by atoms with Crippen LogP contribution in [0.1, 0.15) is 38.2 Å². The lowest BCUT2D eigenvalue weighted by atomic mass is 9.95. The summed E-state index contributed by atoms with van der Waals surface area (Å²) in [7, 11) is -0.967. The summed E-state index contributed by atoms with van der Waals surface area (Å²) >= 11 is 0. The van der Waals surface area contributed by atoms with E-state index in [0.29, 0.717) is 17.0 Å². The lowest BCUT2D eigenvalue weighted by molar-refractivity contribution is -0.0502. The van der Waals surface area contributed by atoms with Gasteiger partial charge < -0.3 is 15.4 Å². The van der Waals surface area contributed by atoms with Gasteiger partial charge in [0.05, 0.1) is 5.25 Å². The van der Waals surface area contributed by atoms with Crippen molar-refractivity contribution in [1.82, 2.24) is 5.32 Å². The molecule has 0 bridgehead atoms. The van der Waals surface area contributed by atoms with Crippen LogP contribution in [0.2, 0.25) is 0 Å². The van der Waals surface area contributed by atoms with Gasteiger partial charge in [-0.3, -0.25) is 4.21 Å². The number of amides is 2.